The zero-order valence-corrected chi connectivity index (χ0v) is 14.1. The van der Waals surface area contributed by atoms with E-state index in [1.807, 2.05) is 12.1 Å². The van der Waals surface area contributed by atoms with Gasteiger partial charge in [-0.1, -0.05) is 12.1 Å². The van der Waals surface area contributed by atoms with Gasteiger partial charge in [-0.2, -0.15) is 0 Å². The third-order valence-corrected chi connectivity index (χ3v) is 6.22. The number of anilines is 1. The van der Waals surface area contributed by atoms with Crippen molar-refractivity contribution in [1.29, 1.82) is 0 Å². The molecule has 3 N–H and O–H groups in total. The number of nitrogens with zero attached hydrogens (tertiary/aromatic N) is 1. The molecule has 1 aromatic rings. The van der Waals surface area contributed by atoms with E-state index in [0.717, 1.165) is 18.5 Å². The molecule has 0 radical (unpaired) electrons. The van der Waals surface area contributed by atoms with Gasteiger partial charge in [0.1, 0.15) is 0 Å². The minimum absolute atomic E-state index is 0.0277. The van der Waals surface area contributed by atoms with E-state index in [4.69, 9.17) is 5.73 Å². The highest BCUT2D eigenvalue weighted by Crippen LogP contribution is 2.27. The Balaban J connectivity index is 2.00. The molecule has 0 bridgehead atoms. The maximum Gasteiger partial charge on any atom is 0.193 e. The lowest BCUT2D eigenvalue weighted by molar-refractivity contribution is 0.587. The van der Waals surface area contributed by atoms with Gasteiger partial charge < -0.3 is 11.1 Å². The maximum atomic E-state index is 11.7. The molecule has 1 aliphatic carbocycles. The molecule has 0 fully saturated rings. The van der Waals surface area contributed by atoms with Crippen LogP contribution >= 0.6 is 0 Å². The largest absolute Gasteiger partial charge is 0.370 e. The number of hydrogen-bond acceptors (Lipinski definition) is 3. The second kappa shape index (κ2) is 7.13. The Kier molecular flexibility index (Phi) is 5.45. The number of aryl methyl sites for hydroxylation is 1. The summed E-state index contributed by atoms with van der Waals surface area (Å²) in [4.78, 5) is 4.14. The quantitative estimate of drug-likeness (QED) is 0.642. The van der Waals surface area contributed by atoms with Gasteiger partial charge >= 0.3 is 0 Å². The summed E-state index contributed by atoms with van der Waals surface area (Å²) in [5.41, 5.74) is 9.55. The summed E-state index contributed by atoms with van der Waals surface area (Å²) in [6.45, 7) is 3.54. The first-order valence-corrected chi connectivity index (χ1v) is 9.51. The number of hydrogen-bond donors (Lipinski definition) is 2. The number of nitrogens with one attached hydrogen (secondary N) is 1. The summed E-state index contributed by atoms with van der Waals surface area (Å²) >= 11 is 0. The number of fused-ring (bicyclic) bond motifs is 1. The normalized spacial score (nSPS) is 15.7. The van der Waals surface area contributed by atoms with Gasteiger partial charge in [-0.3, -0.25) is 4.99 Å². The molecule has 0 spiro atoms. The van der Waals surface area contributed by atoms with Gasteiger partial charge in [0.05, 0.1) is 17.5 Å². The fraction of sp³-hybridized carbons (Fsp3) is 0.562. The van der Waals surface area contributed by atoms with E-state index < -0.39 is 9.84 Å². The average molecular weight is 323 g/mol. The maximum absolute atomic E-state index is 11.7. The second-order valence-electron chi connectivity index (χ2n) is 5.96. The van der Waals surface area contributed by atoms with Crippen molar-refractivity contribution in [2.75, 3.05) is 17.6 Å². The van der Waals surface area contributed by atoms with E-state index in [0.29, 0.717) is 0 Å². The van der Waals surface area contributed by atoms with Crippen LogP contribution < -0.4 is 11.1 Å². The molecule has 0 amide bonds. The molecule has 0 aromatic heterocycles. The van der Waals surface area contributed by atoms with Gasteiger partial charge in [-0.25, -0.2) is 8.42 Å². The van der Waals surface area contributed by atoms with Crippen LogP contribution in [0.4, 0.5) is 5.69 Å². The lowest BCUT2D eigenvalue weighted by Gasteiger charge is -2.19. The van der Waals surface area contributed by atoms with E-state index in [1.165, 1.54) is 24.0 Å². The van der Waals surface area contributed by atoms with Crippen LogP contribution in [0.5, 0.6) is 0 Å². The van der Waals surface area contributed by atoms with Crippen LogP contribution in [-0.2, 0) is 22.7 Å². The highest BCUT2D eigenvalue weighted by molar-refractivity contribution is 7.92. The molecular weight excluding hydrogens is 298 g/mol. The van der Waals surface area contributed by atoms with Crippen LogP contribution in [0.1, 0.15) is 37.8 Å². The van der Waals surface area contributed by atoms with E-state index in [-0.39, 0.29) is 23.5 Å². The molecule has 22 heavy (non-hydrogen) atoms. The van der Waals surface area contributed by atoms with E-state index >= 15 is 0 Å². The van der Waals surface area contributed by atoms with Crippen molar-refractivity contribution in [2.24, 2.45) is 10.7 Å². The number of benzene rings is 1. The number of guanidine groups is 1. The Hall–Kier alpha value is -1.56. The Morgan fingerprint density at radius 3 is 2.77 bits per heavy atom. The van der Waals surface area contributed by atoms with Crippen LogP contribution in [0.2, 0.25) is 0 Å². The van der Waals surface area contributed by atoms with Crippen LogP contribution in [0.15, 0.2) is 23.2 Å². The molecule has 122 valence electrons. The van der Waals surface area contributed by atoms with Crippen molar-refractivity contribution < 1.29 is 8.42 Å². The summed E-state index contributed by atoms with van der Waals surface area (Å²) in [7, 11) is -3.07. The van der Waals surface area contributed by atoms with Crippen molar-refractivity contribution in [1.82, 2.24) is 0 Å². The highest BCUT2D eigenvalue weighted by Gasteiger charge is 2.15. The van der Waals surface area contributed by atoms with Crippen molar-refractivity contribution >= 4 is 21.5 Å². The lowest BCUT2D eigenvalue weighted by Crippen LogP contribution is -2.26. The number of sulfone groups is 1. The minimum atomic E-state index is -3.07. The smallest absolute Gasteiger partial charge is 0.193 e. The van der Waals surface area contributed by atoms with Crippen LogP contribution in [0.3, 0.4) is 0 Å². The first-order chi connectivity index (χ1) is 10.4. The van der Waals surface area contributed by atoms with Gasteiger partial charge in [0.15, 0.2) is 15.8 Å². The fourth-order valence-electron chi connectivity index (χ4n) is 2.60. The number of nitrogens with two attached hydrogens (primary N) is 1. The van der Waals surface area contributed by atoms with Gasteiger partial charge in [0.2, 0.25) is 0 Å². The van der Waals surface area contributed by atoms with Crippen molar-refractivity contribution in [3.63, 3.8) is 0 Å². The Morgan fingerprint density at radius 2 is 2.05 bits per heavy atom. The molecule has 1 aliphatic rings. The van der Waals surface area contributed by atoms with Gasteiger partial charge in [0.25, 0.3) is 0 Å². The summed E-state index contributed by atoms with van der Waals surface area (Å²) in [6.07, 6.45) is 4.57. The van der Waals surface area contributed by atoms with Gasteiger partial charge in [0, 0.05) is 5.69 Å². The zero-order valence-electron chi connectivity index (χ0n) is 13.3. The van der Waals surface area contributed by atoms with Crippen molar-refractivity contribution in [3.05, 3.63) is 29.3 Å². The molecule has 0 unspecified atom stereocenters. The molecule has 0 saturated carbocycles. The SMILES string of the molecule is CC(C)S(=O)(=O)CCN=C(N)Nc1cccc2c1CCCC2. The van der Waals surface area contributed by atoms with E-state index in [1.54, 1.807) is 13.8 Å². The van der Waals surface area contributed by atoms with Crippen LogP contribution in [-0.4, -0.2) is 31.9 Å². The van der Waals surface area contributed by atoms with Crippen molar-refractivity contribution in [3.8, 4) is 0 Å². The predicted molar refractivity (Wildman–Crippen MR) is 92.1 cm³/mol. The molecule has 5 nitrogen and oxygen atoms in total. The third kappa shape index (κ3) is 4.22. The summed E-state index contributed by atoms with van der Waals surface area (Å²) < 4.78 is 23.5. The zero-order chi connectivity index (χ0) is 16.2. The topological polar surface area (TPSA) is 84.5 Å². The van der Waals surface area contributed by atoms with Gasteiger partial charge in [-0.15, -0.1) is 0 Å². The average Bonchev–Trinajstić information content (AvgIpc) is 2.47. The second-order valence-corrected chi connectivity index (χ2v) is 8.63. The summed E-state index contributed by atoms with van der Waals surface area (Å²) in [5, 5.41) is 2.74. The molecule has 2 rings (SSSR count). The van der Waals surface area contributed by atoms with E-state index in [9.17, 15) is 8.42 Å². The monoisotopic (exact) mass is 323 g/mol. The first-order valence-electron chi connectivity index (χ1n) is 7.79. The third-order valence-electron chi connectivity index (χ3n) is 4.03. The summed E-state index contributed by atoms with van der Waals surface area (Å²) in [5.74, 6) is 0.304. The standard InChI is InChI=1S/C16H25N3O2S/c1-12(2)22(20,21)11-10-18-16(17)19-15-9-5-7-13-6-3-4-8-14(13)15/h5,7,9,12H,3-4,6,8,10-11H2,1-2H3,(H3,17,18,19). The molecule has 0 atom stereocenters. The molecule has 6 heteroatoms. The molecule has 1 aromatic carbocycles. The molecule has 0 saturated heterocycles. The van der Waals surface area contributed by atoms with E-state index in [2.05, 4.69) is 16.4 Å². The Labute approximate surface area is 132 Å². The Bertz CT molecular complexity index is 651. The van der Waals surface area contributed by atoms with Gasteiger partial charge in [-0.05, 0) is 56.7 Å². The fourth-order valence-corrected chi connectivity index (χ4v) is 3.42. The molecule has 0 aliphatic heterocycles. The minimum Gasteiger partial charge on any atom is -0.370 e. The molecule has 0 heterocycles. The number of aliphatic imine (C=N–C) groups is 1. The van der Waals surface area contributed by atoms with Crippen LogP contribution in [0.25, 0.3) is 0 Å². The van der Waals surface area contributed by atoms with Crippen molar-refractivity contribution in [2.45, 2.75) is 44.8 Å². The predicted octanol–water partition coefficient (Wildman–Crippen LogP) is 2.12. The number of rotatable bonds is 5. The van der Waals surface area contributed by atoms with Crippen LogP contribution in [0, 0.1) is 0 Å². The Morgan fingerprint density at radius 1 is 1.32 bits per heavy atom. The molecular formula is C16H25N3O2S. The highest BCUT2D eigenvalue weighted by atomic mass is 32.2. The summed E-state index contributed by atoms with van der Waals surface area (Å²) in [6, 6.07) is 6.17. The lowest BCUT2D eigenvalue weighted by atomic mass is 9.90. The first kappa shape index (κ1) is 16.8.